The molecule has 0 aliphatic heterocycles. The van der Waals surface area contributed by atoms with Crippen LogP contribution >= 0.6 is 0 Å². The van der Waals surface area contributed by atoms with E-state index in [0.29, 0.717) is 29.5 Å². The van der Waals surface area contributed by atoms with Crippen LogP contribution in [0.3, 0.4) is 0 Å². The molecule has 0 heterocycles. The lowest BCUT2D eigenvalue weighted by Crippen LogP contribution is -2.41. The minimum absolute atomic E-state index is 0.364. The van der Waals surface area contributed by atoms with Crippen LogP contribution in [-0.4, -0.2) is 5.78 Å². The summed E-state index contributed by atoms with van der Waals surface area (Å²) in [6.45, 7) is 0. The Morgan fingerprint density at radius 2 is 1.27 bits per heavy atom. The van der Waals surface area contributed by atoms with Crippen molar-refractivity contribution >= 4 is 5.78 Å². The summed E-state index contributed by atoms with van der Waals surface area (Å²) < 4.78 is 0. The van der Waals surface area contributed by atoms with Crippen molar-refractivity contribution in [2.24, 2.45) is 23.7 Å². The van der Waals surface area contributed by atoms with E-state index >= 15 is 0 Å². The summed E-state index contributed by atoms with van der Waals surface area (Å²) in [7, 11) is 0. The van der Waals surface area contributed by atoms with Crippen molar-refractivity contribution in [3.63, 3.8) is 0 Å². The largest absolute Gasteiger partial charge is 0.299 e. The molecule has 3 aliphatic rings. The van der Waals surface area contributed by atoms with Gasteiger partial charge in [0.2, 0.25) is 0 Å². The molecule has 4 unspecified atom stereocenters. The third kappa shape index (κ3) is 1.49. The molecule has 0 radical (unpaired) electrons. The number of ketones is 1. The van der Waals surface area contributed by atoms with Gasteiger partial charge in [0.1, 0.15) is 5.78 Å². The summed E-state index contributed by atoms with van der Waals surface area (Å²) in [4.78, 5) is 12.3. The lowest BCUT2D eigenvalue weighted by molar-refractivity contribution is -0.134. The molecule has 1 heteroatoms. The fourth-order valence-electron chi connectivity index (χ4n) is 3.62. The predicted octanol–water partition coefficient (Wildman–Crippen LogP) is 3.12. The van der Waals surface area contributed by atoms with Crippen LogP contribution in [0.2, 0.25) is 0 Å². The Balaban J connectivity index is 1.86. The number of carbonyl (C=O) groups excluding carboxylic acids is 1. The van der Waals surface area contributed by atoms with E-state index in [9.17, 15) is 4.79 Å². The standard InChI is InChI=1S/C14H18O/c15-14-12-7-3-1-5-10(12)9-11-6-2-4-8-13(11)14/h1-4,10-13H,5-9H2. The SMILES string of the molecule is O=C1C2CC=CCC2CC2CC=CCC12. The first-order valence-electron chi connectivity index (χ1n) is 6.20. The van der Waals surface area contributed by atoms with Crippen molar-refractivity contribution in [1.29, 1.82) is 0 Å². The molecule has 0 aromatic heterocycles. The van der Waals surface area contributed by atoms with Gasteiger partial charge < -0.3 is 0 Å². The minimum Gasteiger partial charge on any atom is -0.299 e. The number of fused-ring (bicyclic) bond motifs is 2. The molecule has 0 bridgehead atoms. The fraction of sp³-hybridized carbons (Fsp3) is 0.643. The summed E-state index contributed by atoms with van der Waals surface area (Å²) >= 11 is 0. The third-order valence-corrected chi connectivity index (χ3v) is 4.47. The Kier molecular flexibility index (Phi) is 2.27. The van der Waals surface area contributed by atoms with Gasteiger partial charge in [-0.2, -0.15) is 0 Å². The van der Waals surface area contributed by atoms with E-state index in [2.05, 4.69) is 24.3 Å². The molecule has 0 amide bonds. The smallest absolute Gasteiger partial charge is 0.140 e. The van der Waals surface area contributed by atoms with Crippen molar-refractivity contribution in [1.82, 2.24) is 0 Å². The molecular formula is C14H18O. The summed E-state index contributed by atoms with van der Waals surface area (Å²) in [6.07, 6.45) is 14.5. The molecule has 15 heavy (non-hydrogen) atoms. The molecule has 4 atom stereocenters. The predicted molar refractivity (Wildman–Crippen MR) is 60.3 cm³/mol. The quantitative estimate of drug-likeness (QED) is 0.551. The van der Waals surface area contributed by atoms with Gasteiger partial charge in [-0.3, -0.25) is 4.79 Å². The van der Waals surface area contributed by atoms with Crippen molar-refractivity contribution in [3.05, 3.63) is 24.3 Å². The van der Waals surface area contributed by atoms with E-state index in [-0.39, 0.29) is 0 Å². The van der Waals surface area contributed by atoms with Gasteiger partial charge in [-0.25, -0.2) is 0 Å². The summed E-state index contributed by atoms with van der Waals surface area (Å²) in [5.41, 5.74) is 0. The van der Waals surface area contributed by atoms with Crippen molar-refractivity contribution in [2.75, 3.05) is 0 Å². The molecule has 0 spiro atoms. The van der Waals surface area contributed by atoms with Crippen molar-refractivity contribution in [2.45, 2.75) is 32.1 Å². The highest BCUT2D eigenvalue weighted by Gasteiger charge is 2.43. The van der Waals surface area contributed by atoms with Gasteiger partial charge in [0.15, 0.2) is 0 Å². The Morgan fingerprint density at radius 1 is 0.800 bits per heavy atom. The van der Waals surface area contributed by atoms with Crippen molar-refractivity contribution in [3.8, 4) is 0 Å². The van der Waals surface area contributed by atoms with Crippen LogP contribution in [0.15, 0.2) is 24.3 Å². The normalized spacial score (nSPS) is 43.6. The fourth-order valence-corrected chi connectivity index (χ4v) is 3.62. The zero-order valence-electron chi connectivity index (χ0n) is 9.06. The lowest BCUT2D eigenvalue weighted by atomic mass is 9.61. The highest BCUT2D eigenvalue weighted by atomic mass is 16.1. The monoisotopic (exact) mass is 202 g/mol. The van der Waals surface area contributed by atoms with E-state index < -0.39 is 0 Å². The van der Waals surface area contributed by atoms with Crippen LogP contribution in [-0.2, 0) is 4.79 Å². The number of hydrogen-bond acceptors (Lipinski definition) is 1. The Morgan fingerprint density at radius 3 is 1.80 bits per heavy atom. The molecule has 0 saturated heterocycles. The topological polar surface area (TPSA) is 17.1 Å². The lowest BCUT2D eigenvalue weighted by Gasteiger charge is -2.42. The molecule has 80 valence electrons. The molecule has 0 aromatic carbocycles. The van der Waals surface area contributed by atoms with Gasteiger partial charge in [0, 0.05) is 11.8 Å². The van der Waals surface area contributed by atoms with Crippen LogP contribution in [0.25, 0.3) is 0 Å². The van der Waals surface area contributed by atoms with Crippen LogP contribution in [0.4, 0.5) is 0 Å². The zero-order chi connectivity index (χ0) is 10.3. The molecule has 1 nitrogen and oxygen atoms in total. The Bertz CT molecular complexity index is 296. The van der Waals surface area contributed by atoms with Gasteiger partial charge >= 0.3 is 0 Å². The highest BCUT2D eigenvalue weighted by molar-refractivity contribution is 5.85. The van der Waals surface area contributed by atoms with Crippen LogP contribution in [0.5, 0.6) is 0 Å². The van der Waals surface area contributed by atoms with Gasteiger partial charge in [0.25, 0.3) is 0 Å². The number of carbonyl (C=O) groups is 1. The molecule has 3 rings (SSSR count). The second-order valence-corrected chi connectivity index (χ2v) is 5.26. The van der Waals surface area contributed by atoms with Gasteiger partial charge in [0.05, 0.1) is 0 Å². The van der Waals surface area contributed by atoms with E-state index in [0.717, 1.165) is 25.7 Å². The first kappa shape index (κ1) is 9.38. The number of Topliss-reactive ketones (excluding diaryl/α,β-unsaturated/α-hetero) is 1. The molecule has 0 aromatic rings. The summed E-state index contributed by atoms with van der Waals surface area (Å²) in [5.74, 6) is 2.63. The van der Waals surface area contributed by atoms with Crippen LogP contribution < -0.4 is 0 Å². The second kappa shape index (κ2) is 3.62. The minimum atomic E-state index is 0.364. The Labute approximate surface area is 91.2 Å². The first-order valence-corrected chi connectivity index (χ1v) is 6.20. The van der Waals surface area contributed by atoms with E-state index in [1.54, 1.807) is 0 Å². The Hall–Kier alpha value is -0.850. The molecule has 1 fully saturated rings. The average molecular weight is 202 g/mol. The summed E-state index contributed by atoms with van der Waals surface area (Å²) in [5, 5.41) is 0. The first-order chi connectivity index (χ1) is 7.36. The van der Waals surface area contributed by atoms with Crippen LogP contribution in [0, 0.1) is 23.7 Å². The van der Waals surface area contributed by atoms with E-state index in [1.165, 1.54) is 6.42 Å². The van der Waals surface area contributed by atoms with Crippen molar-refractivity contribution < 1.29 is 4.79 Å². The zero-order valence-corrected chi connectivity index (χ0v) is 9.06. The second-order valence-electron chi connectivity index (χ2n) is 5.26. The number of rotatable bonds is 0. The van der Waals surface area contributed by atoms with E-state index in [4.69, 9.17) is 0 Å². The average Bonchev–Trinajstić information content (AvgIpc) is 2.30. The van der Waals surface area contributed by atoms with Crippen LogP contribution in [0.1, 0.15) is 32.1 Å². The maximum Gasteiger partial charge on any atom is 0.140 e. The maximum absolute atomic E-state index is 12.3. The van der Waals surface area contributed by atoms with Gasteiger partial charge in [-0.05, 0) is 43.9 Å². The van der Waals surface area contributed by atoms with E-state index in [1.807, 2.05) is 0 Å². The molecule has 3 aliphatic carbocycles. The molecule has 0 N–H and O–H groups in total. The maximum atomic E-state index is 12.3. The third-order valence-electron chi connectivity index (χ3n) is 4.47. The number of hydrogen-bond donors (Lipinski definition) is 0. The number of allylic oxidation sites excluding steroid dienone is 4. The summed E-state index contributed by atoms with van der Waals surface area (Å²) in [6, 6.07) is 0. The molecular weight excluding hydrogens is 184 g/mol. The molecule has 1 saturated carbocycles. The van der Waals surface area contributed by atoms with Gasteiger partial charge in [-0.15, -0.1) is 0 Å². The highest BCUT2D eigenvalue weighted by Crippen LogP contribution is 2.45. The van der Waals surface area contributed by atoms with Gasteiger partial charge in [-0.1, -0.05) is 24.3 Å².